The van der Waals surface area contributed by atoms with Crippen LogP contribution in [0.5, 0.6) is 5.75 Å². The lowest BCUT2D eigenvalue weighted by Crippen LogP contribution is -2.24. The molecule has 0 saturated heterocycles. The monoisotopic (exact) mass is 340 g/mol. The molecule has 0 amide bonds. The highest BCUT2D eigenvalue weighted by molar-refractivity contribution is 6.31. The van der Waals surface area contributed by atoms with E-state index in [0.29, 0.717) is 29.9 Å². The van der Waals surface area contributed by atoms with Gasteiger partial charge in [0.25, 0.3) is 0 Å². The number of ketones is 2. The first kappa shape index (κ1) is 17.1. The van der Waals surface area contributed by atoms with Crippen LogP contribution in [0, 0.1) is 0 Å². The summed E-state index contributed by atoms with van der Waals surface area (Å²) >= 11 is 0. The van der Waals surface area contributed by atoms with Crippen molar-refractivity contribution in [2.24, 2.45) is 0 Å². The zero-order chi connectivity index (χ0) is 17.8. The second-order valence-electron chi connectivity index (χ2n) is 5.84. The minimum atomic E-state index is -0.337. The minimum Gasteiger partial charge on any atom is -0.507 e. The first-order valence-electron chi connectivity index (χ1n) is 8.25. The van der Waals surface area contributed by atoms with Crippen LogP contribution in [0.2, 0.25) is 0 Å². The average molecular weight is 340 g/mol. The molecule has 2 aromatic rings. The summed E-state index contributed by atoms with van der Waals surface area (Å²) in [6.07, 6.45) is 0.786. The number of anilines is 1. The van der Waals surface area contributed by atoms with Gasteiger partial charge in [-0.05, 0) is 25.1 Å². The van der Waals surface area contributed by atoms with Crippen molar-refractivity contribution in [2.45, 2.75) is 6.42 Å². The molecule has 25 heavy (non-hydrogen) atoms. The summed E-state index contributed by atoms with van der Waals surface area (Å²) in [6, 6.07) is 9.71. The Hall–Kier alpha value is -2.70. The Balaban J connectivity index is 1.86. The lowest BCUT2D eigenvalue weighted by Gasteiger charge is -2.21. The third-order valence-electron chi connectivity index (χ3n) is 4.19. The number of carbonyl (C=O) groups is 2. The minimum absolute atomic E-state index is 0.0621. The van der Waals surface area contributed by atoms with Gasteiger partial charge in [0.1, 0.15) is 5.75 Å². The molecule has 2 aromatic carbocycles. The van der Waals surface area contributed by atoms with E-state index in [4.69, 9.17) is 5.11 Å². The van der Waals surface area contributed by atoms with Gasteiger partial charge in [-0.25, -0.2) is 0 Å². The van der Waals surface area contributed by atoms with E-state index in [2.05, 4.69) is 10.6 Å². The van der Waals surface area contributed by atoms with Crippen molar-refractivity contribution in [1.29, 1.82) is 0 Å². The van der Waals surface area contributed by atoms with Gasteiger partial charge in [0, 0.05) is 29.9 Å². The quantitative estimate of drug-likeness (QED) is 0.385. The van der Waals surface area contributed by atoms with Gasteiger partial charge in [0.05, 0.1) is 17.7 Å². The van der Waals surface area contributed by atoms with Crippen LogP contribution in [0.15, 0.2) is 36.4 Å². The number of phenolic OH excluding ortho intramolecular Hbond substituents is 1. The number of aromatic hydroxyl groups is 1. The molecule has 6 nitrogen and oxygen atoms in total. The normalized spacial score (nSPS) is 12.7. The summed E-state index contributed by atoms with van der Waals surface area (Å²) in [4.78, 5) is 25.6. The van der Waals surface area contributed by atoms with Gasteiger partial charge < -0.3 is 20.8 Å². The summed E-state index contributed by atoms with van der Waals surface area (Å²) in [5.74, 6) is -0.781. The summed E-state index contributed by atoms with van der Waals surface area (Å²) < 4.78 is 0. The molecule has 0 atom stereocenters. The number of aliphatic hydroxyl groups excluding tert-OH is 1. The van der Waals surface area contributed by atoms with Crippen molar-refractivity contribution >= 4 is 17.3 Å². The van der Waals surface area contributed by atoms with Gasteiger partial charge >= 0.3 is 0 Å². The number of fused-ring (bicyclic) bond motifs is 2. The molecule has 3 rings (SSSR count). The number of aliphatic hydroxyl groups is 1. The molecule has 0 fully saturated rings. The largest absolute Gasteiger partial charge is 0.507 e. The first-order chi connectivity index (χ1) is 12.1. The average Bonchev–Trinajstić information content (AvgIpc) is 2.63. The third-order valence-corrected chi connectivity index (χ3v) is 4.19. The Morgan fingerprint density at radius 2 is 1.52 bits per heavy atom. The highest BCUT2D eigenvalue weighted by atomic mass is 16.3. The van der Waals surface area contributed by atoms with E-state index < -0.39 is 0 Å². The fourth-order valence-corrected chi connectivity index (χ4v) is 2.99. The maximum absolute atomic E-state index is 12.9. The van der Waals surface area contributed by atoms with Crippen LogP contribution in [0.1, 0.15) is 38.3 Å². The molecule has 0 bridgehead atoms. The van der Waals surface area contributed by atoms with Crippen LogP contribution in [-0.4, -0.2) is 48.0 Å². The Morgan fingerprint density at radius 1 is 0.840 bits per heavy atom. The molecule has 1 aliphatic rings. The predicted molar refractivity (Wildman–Crippen MR) is 94.5 cm³/mol. The Bertz CT molecular complexity index is 817. The zero-order valence-electron chi connectivity index (χ0n) is 13.7. The molecule has 0 radical (unpaired) electrons. The Labute approximate surface area is 145 Å². The number of nitrogens with one attached hydrogen (secondary N) is 2. The number of hydrogen-bond acceptors (Lipinski definition) is 6. The molecule has 0 saturated carbocycles. The highest BCUT2D eigenvalue weighted by Gasteiger charge is 2.33. The van der Waals surface area contributed by atoms with E-state index in [0.717, 1.165) is 13.0 Å². The lowest BCUT2D eigenvalue weighted by atomic mass is 9.82. The second-order valence-corrected chi connectivity index (χ2v) is 5.84. The third kappa shape index (κ3) is 3.26. The first-order valence-corrected chi connectivity index (χ1v) is 8.25. The number of benzene rings is 2. The van der Waals surface area contributed by atoms with E-state index in [-0.39, 0.29) is 35.0 Å². The van der Waals surface area contributed by atoms with E-state index in [9.17, 15) is 14.7 Å². The molecule has 0 heterocycles. The molecular formula is C19H20N2O4. The summed E-state index contributed by atoms with van der Waals surface area (Å²) in [5, 5.41) is 25.1. The van der Waals surface area contributed by atoms with Gasteiger partial charge in [-0.1, -0.05) is 24.3 Å². The maximum atomic E-state index is 12.9. The molecule has 130 valence electrons. The van der Waals surface area contributed by atoms with E-state index in [1.165, 1.54) is 6.07 Å². The maximum Gasteiger partial charge on any atom is 0.198 e. The molecule has 6 heteroatoms. The zero-order valence-corrected chi connectivity index (χ0v) is 13.7. The van der Waals surface area contributed by atoms with Crippen LogP contribution in [0.3, 0.4) is 0 Å². The molecule has 0 aromatic heterocycles. The van der Waals surface area contributed by atoms with E-state index >= 15 is 0 Å². The Morgan fingerprint density at radius 3 is 2.20 bits per heavy atom. The van der Waals surface area contributed by atoms with Gasteiger partial charge in [-0.2, -0.15) is 0 Å². The molecule has 0 aliphatic heterocycles. The summed E-state index contributed by atoms with van der Waals surface area (Å²) in [5.41, 5.74) is 1.51. The van der Waals surface area contributed by atoms with E-state index in [1.807, 2.05) is 0 Å². The van der Waals surface area contributed by atoms with E-state index in [1.54, 1.807) is 30.3 Å². The number of phenols is 1. The fourth-order valence-electron chi connectivity index (χ4n) is 2.99. The van der Waals surface area contributed by atoms with Crippen LogP contribution in [0.4, 0.5) is 5.69 Å². The fraction of sp³-hybridized carbons (Fsp3) is 0.263. The van der Waals surface area contributed by atoms with Crippen LogP contribution in [-0.2, 0) is 0 Å². The standard InChI is InChI=1S/C19H20N2O4/c22-11-10-20-8-3-9-21-14-6-7-15(23)17-16(14)18(24)12-4-1-2-5-13(12)19(17)25/h1-2,4-7,20-23H,3,8-11H2. The lowest BCUT2D eigenvalue weighted by molar-refractivity contribution is 0.0977. The summed E-state index contributed by atoms with van der Waals surface area (Å²) in [6.45, 7) is 1.95. The van der Waals surface area contributed by atoms with Crippen molar-refractivity contribution < 1.29 is 19.8 Å². The van der Waals surface area contributed by atoms with Crippen LogP contribution >= 0.6 is 0 Å². The van der Waals surface area contributed by atoms with Gasteiger partial charge in [0.2, 0.25) is 0 Å². The molecule has 0 unspecified atom stereocenters. The number of hydrogen-bond donors (Lipinski definition) is 4. The van der Waals surface area contributed by atoms with Gasteiger partial charge in [-0.15, -0.1) is 0 Å². The van der Waals surface area contributed by atoms with Crippen molar-refractivity contribution in [2.75, 3.05) is 31.6 Å². The predicted octanol–water partition coefficient (Wildman–Crippen LogP) is 1.55. The smallest absolute Gasteiger partial charge is 0.198 e. The topological polar surface area (TPSA) is 98.7 Å². The molecular weight excluding hydrogens is 320 g/mol. The van der Waals surface area contributed by atoms with Gasteiger partial charge in [-0.3, -0.25) is 9.59 Å². The summed E-state index contributed by atoms with van der Waals surface area (Å²) in [7, 11) is 0. The molecule has 0 spiro atoms. The van der Waals surface area contributed by atoms with Crippen molar-refractivity contribution in [3.8, 4) is 5.75 Å². The van der Waals surface area contributed by atoms with Crippen LogP contribution in [0.25, 0.3) is 0 Å². The molecule has 4 N–H and O–H groups in total. The number of rotatable bonds is 7. The van der Waals surface area contributed by atoms with Crippen molar-refractivity contribution in [3.63, 3.8) is 0 Å². The van der Waals surface area contributed by atoms with Crippen molar-refractivity contribution in [1.82, 2.24) is 5.32 Å². The SMILES string of the molecule is O=C1c2ccccc2C(=O)c2c(NCCCNCCO)ccc(O)c21. The van der Waals surface area contributed by atoms with Gasteiger partial charge in [0.15, 0.2) is 11.6 Å². The van der Waals surface area contributed by atoms with Crippen molar-refractivity contribution in [3.05, 3.63) is 58.7 Å². The molecule has 1 aliphatic carbocycles. The Kier molecular flexibility index (Phi) is 5.11. The highest BCUT2D eigenvalue weighted by Crippen LogP contribution is 2.36. The number of carbonyl (C=O) groups excluding carboxylic acids is 2. The van der Waals surface area contributed by atoms with Crippen LogP contribution < -0.4 is 10.6 Å². The second kappa shape index (κ2) is 7.46.